The van der Waals surface area contributed by atoms with Crippen LogP contribution in [0.2, 0.25) is 0 Å². The number of hydrogen-bond donors (Lipinski definition) is 1. The zero-order chi connectivity index (χ0) is 13.2. The van der Waals surface area contributed by atoms with Crippen LogP contribution in [0.5, 0.6) is 0 Å². The molecule has 2 aromatic rings. The second kappa shape index (κ2) is 5.39. The van der Waals surface area contributed by atoms with Crippen LogP contribution in [0.15, 0.2) is 18.2 Å². The fraction of sp³-hybridized carbons (Fsp3) is 0.467. The van der Waals surface area contributed by atoms with Crippen LogP contribution in [0.1, 0.15) is 29.0 Å². The van der Waals surface area contributed by atoms with Crippen molar-refractivity contribution >= 4 is 11.3 Å². The van der Waals surface area contributed by atoms with Gasteiger partial charge in [-0.05, 0) is 38.3 Å². The summed E-state index contributed by atoms with van der Waals surface area (Å²) in [5, 5.41) is 14.3. The van der Waals surface area contributed by atoms with Crippen molar-refractivity contribution in [1.29, 1.82) is 0 Å². The van der Waals surface area contributed by atoms with Crippen molar-refractivity contribution in [2.75, 3.05) is 6.54 Å². The number of aromatic nitrogens is 2. The molecule has 0 atom stereocenters. The number of aryl methyl sites for hydroxylation is 2. The van der Waals surface area contributed by atoms with Crippen molar-refractivity contribution in [2.45, 2.75) is 39.2 Å². The number of hydrogen-bond acceptors (Lipinski definition) is 4. The van der Waals surface area contributed by atoms with E-state index >= 15 is 0 Å². The predicted molar refractivity (Wildman–Crippen MR) is 79.5 cm³/mol. The number of nitrogens with zero attached hydrogens (tertiary/aromatic N) is 2. The van der Waals surface area contributed by atoms with Crippen molar-refractivity contribution in [3.8, 4) is 10.6 Å². The molecule has 3 rings (SSSR count). The molecule has 0 unspecified atom stereocenters. The van der Waals surface area contributed by atoms with E-state index in [4.69, 9.17) is 0 Å². The van der Waals surface area contributed by atoms with Crippen LogP contribution in [-0.2, 0) is 6.42 Å². The van der Waals surface area contributed by atoms with Crippen molar-refractivity contribution in [3.05, 3.63) is 34.3 Å². The highest BCUT2D eigenvalue weighted by molar-refractivity contribution is 7.14. The summed E-state index contributed by atoms with van der Waals surface area (Å²) in [7, 11) is 0. The molecule has 1 aliphatic rings. The average molecular weight is 273 g/mol. The minimum atomic E-state index is 0.770. The molecule has 1 fully saturated rings. The molecular formula is C15H19N3S. The Hall–Kier alpha value is -1.26. The highest BCUT2D eigenvalue weighted by Gasteiger charge is 2.20. The SMILES string of the molecule is Cc1ccc(C)c(-c2nnc(CCNC3CC3)s2)c1. The van der Waals surface area contributed by atoms with Crippen molar-refractivity contribution < 1.29 is 0 Å². The van der Waals surface area contributed by atoms with Gasteiger partial charge in [-0.2, -0.15) is 0 Å². The molecule has 0 spiro atoms. The zero-order valence-electron chi connectivity index (χ0n) is 11.4. The number of benzene rings is 1. The van der Waals surface area contributed by atoms with Gasteiger partial charge in [-0.25, -0.2) is 0 Å². The van der Waals surface area contributed by atoms with E-state index in [-0.39, 0.29) is 0 Å². The third kappa shape index (κ3) is 3.19. The molecule has 4 heteroatoms. The first-order chi connectivity index (χ1) is 9.22. The van der Waals surface area contributed by atoms with Crippen LogP contribution in [0.3, 0.4) is 0 Å². The molecule has 1 aromatic heterocycles. The van der Waals surface area contributed by atoms with E-state index < -0.39 is 0 Å². The Morgan fingerprint density at radius 1 is 1.26 bits per heavy atom. The summed E-state index contributed by atoms with van der Waals surface area (Å²) in [6.07, 6.45) is 3.66. The van der Waals surface area contributed by atoms with Gasteiger partial charge in [0.05, 0.1) is 0 Å². The molecule has 0 saturated heterocycles. The van der Waals surface area contributed by atoms with Crippen LogP contribution < -0.4 is 5.32 Å². The quantitative estimate of drug-likeness (QED) is 0.909. The Morgan fingerprint density at radius 2 is 2.11 bits per heavy atom. The molecule has 1 aromatic carbocycles. The van der Waals surface area contributed by atoms with Crippen LogP contribution in [0.25, 0.3) is 10.6 Å². The molecule has 1 heterocycles. The lowest BCUT2D eigenvalue weighted by Crippen LogP contribution is -2.19. The summed E-state index contributed by atoms with van der Waals surface area (Å²) < 4.78 is 0. The summed E-state index contributed by atoms with van der Waals surface area (Å²) in [6, 6.07) is 7.26. The number of rotatable bonds is 5. The first-order valence-corrected chi connectivity index (χ1v) is 7.67. The zero-order valence-corrected chi connectivity index (χ0v) is 12.3. The molecule has 1 aliphatic carbocycles. The largest absolute Gasteiger partial charge is 0.314 e. The van der Waals surface area contributed by atoms with Crippen LogP contribution in [0, 0.1) is 13.8 Å². The summed E-state index contributed by atoms with van der Waals surface area (Å²) in [5.41, 5.74) is 3.76. The Bertz CT molecular complexity index is 573. The van der Waals surface area contributed by atoms with Crippen LogP contribution >= 0.6 is 11.3 Å². The van der Waals surface area contributed by atoms with Crippen molar-refractivity contribution in [1.82, 2.24) is 15.5 Å². The molecule has 0 radical (unpaired) electrons. The monoisotopic (exact) mass is 273 g/mol. The van der Waals surface area contributed by atoms with Gasteiger partial charge in [0.1, 0.15) is 10.0 Å². The van der Waals surface area contributed by atoms with Gasteiger partial charge in [-0.15, -0.1) is 10.2 Å². The maximum atomic E-state index is 4.34. The highest BCUT2D eigenvalue weighted by atomic mass is 32.1. The molecule has 100 valence electrons. The van der Waals surface area contributed by atoms with Gasteiger partial charge in [-0.1, -0.05) is 29.0 Å². The third-order valence-corrected chi connectivity index (χ3v) is 4.46. The summed E-state index contributed by atoms with van der Waals surface area (Å²) in [5.74, 6) is 0. The molecule has 19 heavy (non-hydrogen) atoms. The third-order valence-electron chi connectivity index (χ3n) is 3.44. The van der Waals surface area contributed by atoms with E-state index in [1.165, 1.54) is 29.5 Å². The first-order valence-electron chi connectivity index (χ1n) is 6.86. The fourth-order valence-corrected chi connectivity index (χ4v) is 3.02. The lowest BCUT2D eigenvalue weighted by molar-refractivity contribution is 0.677. The lowest BCUT2D eigenvalue weighted by atomic mass is 10.1. The standard InChI is InChI=1S/C15H19N3S/c1-10-3-4-11(2)13(9-10)15-18-17-14(19-15)7-8-16-12-5-6-12/h3-4,9,12,16H,5-8H2,1-2H3. The second-order valence-corrected chi connectivity index (χ2v) is 6.36. The van der Waals surface area contributed by atoms with Crippen LogP contribution in [0.4, 0.5) is 0 Å². The number of nitrogens with one attached hydrogen (secondary N) is 1. The smallest absolute Gasteiger partial charge is 0.148 e. The highest BCUT2D eigenvalue weighted by Crippen LogP contribution is 2.27. The molecule has 0 amide bonds. The Labute approximate surface area is 118 Å². The summed E-state index contributed by atoms with van der Waals surface area (Å²) in [4.78, 5) is 0. The van der Waals surface area contributed by atoms with Gasteiger partial charge in [0.15, 0.2) is 0 Å². The van der Waals surface area contributed by atoms with Gasteiger partial charge in [0, 0.05) is 24.6 Å². The van der Waals surface area contributed by atoms with Crippen LogP contribution in [-0.4, -0.2) is 22.8 Å². The molecule has 0 bridgehead atoms. The normalized spacial score (nSPS) is 14.8. The molecule has 0 aliphatic heterocycles. The maximum absolute atomic E-state index is 4.34. The molecule has 1 saturated carbocycles. The summed E-state index contributed by atoms with van der Waals surface area (Å²) in [6.45, 7) is 5.26. The van der Waals surface area contributed by atoms with E-state index in [2.05, 4.69) is 47.6 Å². The predicted octanol–water partition coefficient (Wildman–Crippen LogP) is 3.12. The minimum Gasteiger partial charge on any atom is -0.314 e. The van der Waals surface area contributed by atoms with Crippen molar-refractivity contribution in [3.63, 3.8) is 0 Å². The van der Waals surface area contributed by atoms with Gasteiger partial charge in [0.2, 0.25) is 0 Å². The lowest BCUT2D eigenvalue weighted by Gasteiger charge is -2.02. The van der Waals surface area contributed by atoms with E-state index in [9.17, 15) is 0 Å². The molecular weight excluding hydrogens is 254 g/mol. The van der Waals surface area contributed by atoms with E-state index in [1.54, 1.807) is 11.3 Å². The Balaban J connectivity index is 1.70. The molecule has 1 N–H and O–H groups in total. The van der Waals surface area contributed by atoms with Gasteiger partial charge >= 0.3 is 0 Å². The first kappa shape index (κ1) is 12.8. The maximum Gasteiger partial charge on any atom is 0.148 e. The van der Waals surface area contributed by atoms with Gasteiger partial charge in [0.25, 0.3) is 0 Å². The molecule has 3 nitrogen and oxygen atoms in total. The minimum absolute atomic E-state index is 0.770. The van der Waals surface area contributed by atoms with Gasteiger partial charge in [-0.3, -0.25) is 0 Å². The Morgan fingerprint density at radius 3 is 2.89 bits per heavy atom. The van der Waals surface area contributed by atoms with Gasteiger partial charge < -0.3 is 5.32 Å². The Kier molecular flexibility index (Phi) is 3.62. The second-order valence-electron chi connectivity index (χ2n) is 5.30. The van der Waals surface area contributed by atoms with E-state index in [1.807, 2.05) is 0 Å². The summed E-state index contributed by atoms with van der Waals surface area (Å²) >= 11 is 1.72. The topological polar surface area (TPSA) is 37.8 Å². The van der Waals surface area contributed by atoms with Crippen molar-refractivity contribution in [2.24, 2.45) is 0 Å². The van der Waals surface area contributed by atoms with E-state index in [0.717, 1.165) is 29.0 Å². The fourth-order valence-electron chi connectivity index (χ4n) is 2.10. The average Bonchev–Trinajstić information content (AvgIpc) is 3.10. The van der Waals surface area contributed by atoms with E-state index in [0.29, 0.717) is 0 Å².